The zero-order valence-corrected chi connectivity index (χ0v) is 10.4. The van der Waals surface area contributed by atoms with Gasteiger partial charge in [-0.05, 0) is 18.2 Å². The van der Waals surface area contributed by atoms with Crippen molar-refractivity contribution in [2.24, 2.45) is 0 Å². The molecule has 0 saturated carbocycles. The Kier molecular flexibility index (Phi) is 3.76. The van der Waals surface area contributed by atoms with Crippen LogP contribution in [-0.2, 0) is 10.1 Å². The number of hydrogen-bond acceptors (Lipinski definition) is 3. The van der Waals surface area contributed by atoms with Crippen LogP contribution in [0.5, 0.6) is 5.75 Å². The smallest absolute Gasteiger partial charge is 0.374 e. The van der Waals surface area contributed by atoms with Crippen molar-refractivity contribution < 1.29 is 25.8 Å². The summed E-state index contributed by atoms with van der Waals surface area (Å²) in [6.45, 7) is 0. The second kappa shape index (κ2) is 4.42. The van der Waals surface area contributed by atoms with E-state index in [1.807, 2.05) is 0 Å². The number of halogens is 5. The molecule has 0 N–H and O–H groups in total. The molecule has 90 valence electrons. The first-order chi connectivity index (χ1) is 7.13. The van der Waals surface area contributed by atoms with E-state index in [9.17, 15) is 21.6 Å². The number of alkyl halides is 3. The Morgan fingerprint density at radius 3 is 2.31 bits per heavy atom. The fraction of sp³-hybridized carbons (Fsp3) is 0.143. The Bertz CT molecular complexity index is 500. The van der Waals surface area contributed by atoms with Crippen LogP contribution in [0.3, 0.4) is 0 Å². The van der Waals surface area contributed by atoms with E-state index in [2.05, 4.69) is 20.1 Å². The number of rotatable bonds is 2. The molecule has 3 nitrogen and oxygen atoms in total. The van der Waals surface area contributed by atoms with Gasteiger partial charge in [0, 0.05) is 4.47 Å². The molecule has 1 rings (SSSR count). The molecule has 0 bridgehead atoms. The van der Waals surface area contributed by atoms with E-state index < -0.39 is 21.4 Å². The summed E-state index contributed by atoms with van der Waals surface area (Å²) >= 11 is 8.50. The molecule has 0 radical (unpaired) electrons. The minimum atomic E-state index is -5.69. The summed E-state index contributed by atoms with van der Waals surface area (Å²) in [7, 11) is -5.69. The Hall–Kier alpha value is -0.470. The van der Waals surface area contributed by atoms with E-state index in [0.717, 1.165) is 6.07 Å². The molecule has 0 aliphatic rings. The van der Waals surface area contributed by atoms with E-state index in [0.29, 0.717) is 4.47 Å². The summed E-state index contributed by atoms with van der Waals surface area (Å²) < 4.78 is 61.5. The molecule has 0 aromatic heterocycles. The topological polar surface area (TPSA) is 43.4 Å². The van der Waals surface area contributed by atoms with Crippen molar-refractivity contribution in [3.05, 3.63) is 27.7 Å². The molecule has 0 saturated heterocycles. The Labute approximate surface area is 102 Å². The molecule has 0 aliphatic heterocycles. The van der Waals surface area contributed by atoms with Gasteiger partial charge in [0.15, 0.2) is 5.75 Å². The normalized spacial score (nSPS) is 12.6. The van der Waals surface area contributed by atoms with Crippen molar-refractivity contribution in [3.63, 3.8) is 0 Å². The minimum Gasteiger partial charge on any atom is -0.374 e. The molecular formula is C7H3BrClF3O3S. The maximum atomic E-state index is 12.0. The Morgan fingerprint density at radius 1 is 1.31 bits per heavy atom. The highest BCUT2D eigenvalue weighted by atomic mass is 79.9. The lowest BCUT2D eigenvalue weighted by molar-refractivity contribution is -0.0500. The van der Waals surface area contributed by atoms with Crippen molar-refractivity contribution in [3.8, 4) is 5.75 Å². The van der Waals surface area contributed by atoms with Gasteiger partial charge in [0.2, 0.25) is 0 Å². The average Bonchev–Trinajstić information content (AvgIpc) is 2.08. The largest absolute Gasteiger partial charge is 0.534 e. The predicted octanol–water partition coefficient (Wildman–Crippen LogP) is 3.33. The second-order valence-electron chi connectivity index (χ2n) is 2.56. The lowest BCUT2D eigenvalue weighted by Gasteiger charge is -2.10. The first-order valence-corrected chi connectivity index (χ1v) is 6.17. The molecular weight excluding hydrogens is 336 g/mol. The van der Waals surface area contributed by atoms with Crippen LogP contribution in [0.15, 0.2) is 22.7 Å². The first-order valence-electron chi connectivity index (χ1n) is 3.59. The molecule has 1 aromatic rings. The van der Waals surface area contributed by atoms with E-state index in [1.54, 1.807) is 0 Å². The zero-order valence-electron chi connectivity index (χ0n) is 7.25. The van der Waals surface area contributed by atoms with E-state index in [-0.39, 0.29) is 5.02 Å². The molecule has 0 aliphatic carbocycles. The summed E-state index contributed by atoms with van der Waals surface area (Å²) in [5, 5.41) is -0.248. The van der Waals surface area contributed by atoms with Crippen LogP contribution in [0.4, 0.5) is 13.2 Å². The average molecular weight is 340 g/mol. The van der Waals surface area contributed by atoms with Gasteiger partial charge in [-0.3, -0.25) is 0 Å². The van der Waals surface area contributed by atoms with Gasteiger partial charge < -0.3 is 4.18 Å². The molecule has 0 spiro atoms. The fourth-order valence-corrected chi connectivity index (χ4v) is 1.94. The second-order valence-corrected chi connectivity index (χ2v) is 5.42. The molecule has 16 heavy (non-hydrogen) atoms. The minimum absolute atomic E-state index is 0.248. The van der Waals surface area contributed by atoms with Crippen molar-refractivity contribution in [1.82, 2.24) is 0 Å². The van der Waals surface area contributed by atoms with E-state index in [4.69, 9.17) is 11.6 Å². The third-order valence-corrected chi connectivity index (χ3v) is 3.13. The van der Waals surface area contributed by atoms with Gasteiger partial charge in [0.1, 0.15) is 0 Å². The monoisotopic (exact) mass is 338 g/mol. The number of hydrogen-bond donors (Lipinski definition) is 0. The van der Waals surface area contributed by atoms with E-state index >= 15 is 0 Å². The molecule has 0 atom stereocenters. The predicted molar refractivity (Wildman–Crippen MR) is 54.8 cm³/mol. The van der Waals surface area contributed by atoms with Gasteiger partial charge in [0.05, 0.1) is 5.02 Å². The molecule has 0 fully saturated rings. The maximum absolute atomic E-state index is 12.0. The summed E-state index contributed by atoms with van der Waals surface area (Å²) in [5.41, 5.74) is -5.48. The third-order valence-electron chi connectivity index (χ3n) is 1.38. The van der Waals surface area contributed by atoms with Crippen LogP contribution < -0.4 is 4.18 Å². The van der Waals surface area contributed by atoms with Crippen LogP contribution in [0.2, 0.25) is 5.02 Å². The molecule has 0 unspecified atom stereocenters. The maximum Gasteiger partial charge on any atom is 0.534 e. The molecule has 9 heteroatoms. The van der Waals surface area contributed by atoms with Crippen molar-refractivity contribution in [2.75, 3.05) is 0 Å². The summed E-state index contributed by atoms with van der Waals surface area (Å²) in [6, 6.07) is 3.52. The lowest BCUT2D eigenvalue weighted by atomic mass is 10.3. The number of benzene rings is 1. The van der Waals surface area contributed by atoms with Gasteiger partial charge in [-0.25, -0.2) is 0 Å². The highest BCUT2D eigenvalue weighted by molar-refractivity contribution is 9.10. The SMILES string of the molecule is O=S(=O)(Oc1ccc(Br)cc1Cl)C(F)(F)F. The summed E-state index contributed by atoms with van der Waals surface area (Å²) in [6.07, 6.45) is 0. The Balaban J connectivity index is 3.07. The van der Waals surface area contributed by atoms with Crippen molar-refractivity contribution in [2.45, 2.75) is 5.51 Å². The quantitative estimate of drug-likeness (QED) is 0.613. The first kappa shape index (κ1) is 13.6. The van der Waals surface area contributed by atoms with Gasteiger partial charge in [-0.1, -0.05) is 27.5 Å². The van der Waals surface area contributed by atoms with Crippen LogP contribution in [0.1, 0.15) is 0 Å². The van der Waals surface area contributed by atoms with Gasteiger partial charge in [-0.2, -0.15) is 21.6 Å². The molecule has 0 amide bonds. The van der Waals surface area contributed by atoms with Crippen molar-refractivity contribution >= 4 is 37.6 Å². The third kappa shape index (κ3) is 3.02. The standard InChI is InChI=1S/C7H3BrClF3O3S/c8-4-1-2-6(5(9)3-4)15-16(13,14)7(10,11)12/h1-3H. The van der Waals surface area contributed by atoms with Crippen LogP contribution in [-0.4, -0.2) is 13.9 Å². The summed E-state index contributed by atoms with van der Waals surface area (Å²) in [4.78, 5) is 0. The van der Waals surface area contributed by atoms with Crippen molar-refractivity contribution in [1.29, 1.82) is 0 Å². The van der Waals surface area contributed by atoms with Crippen LogP contribution in [0.25, 0.3) is 0 Å². The molecule has 1 aromatic carbocycles. The summed E-state index contributed by atoms with van der Waals surface area (Å²) in [5.74, 6) is -0.581. The van der Waals surface area contributed by atoms with Gasteiger partial charge >= 0.3 is 15.6 Å². The van der Waals surface area contributed by atoms with Crippen LogP contribution in [0, 0.1) is 0 Å². The zero-order chi connectivity index (χ0) is 12.6. The van der Waals surface area contributed by atoms with E-state index in [1.165, 1.54) is 12.1 Å². The Morgan fingerprint density at radius 2 is 1.88 bits per heavy atom. The fourth-order valence-electron chi connectivity index (χ4n) is 0.708. The van der Waals surface area contributed by atoms with Gasteiger partial charge in [-0.15, -0.1) is 0 Å². The van der Waals surface area contributed by atoms with Crippen LogP contribution >= 0.6 is 27.5 Å². The lowest BCUT2D eigenvalue weighted by Crippen LogP contribution is -2.28. The molecule has 0 heterocycles. The van der Waals surface area contributed by atoms with Gasteiger partial charge in [0.25, 0.3) is 0 Å². The highest BCUT2D eigenvalue weighted by Crippen LogP contribution is 2.32. The highest BCUT2D eigenvalue weighted by Gasteiger charge is 2.48.